The van der Waals surface area contributed by atoms with Gasteiger partial charge in [-0.1, -0.05) is 0 Å². The molecule has 1 saturated heterocycles. The van der Waals surface area contributed by atoms with Gasteiger partial charge in [0.05, 0.1) is 25.4 Å². The van der Waals surface area contributed by atoms with E-state index in [9.17, 15) is 0 Å². The second kappa shape index (κ2) is 2.46. The van der Waals surface area contributed by atoms with Gasteiger partial charge in [0, 0.05) is 0 Å². The Balaban J connectivity index is 2.28. The highest BCUT2D eigenvalue weighted by Crippen LogP contribution is 2.07. The highest BCUT2D eigenvalue weighted by atomic mass is 16.6. The maximum atomic E-state index is 5.27. The average molecular weight is 116 g/mol. The summed E-state index contributed by atoms with van der Waals surface area (Å²) < 4.78 is 10.5. The van der Waals surface area contributed by atoms with E-state index in [1.807, 2.05) is 13.8 Å². The van der Waals surface area contributed by atoms with E-state index < -0.39 is 0 Å². The van der Waals surface area contributed by atoms with Crippen molar-refractivity contribution in [2.45, 2.75) is 26.1 Å². The lowest BCUT2D eigenvalue weighted by atomic mass is 10.2. The molecule has 0 amide bonds. The van der Waals surface area contributed by atoms with Gasteiger partial charge in [0.15, 0.2) is 0 Å². The molecule has 0 N–H and O–H groups in total. The molecule has 1 heterocycles. The predicted octanol–water partition coefficient (Wildman–Crippen LogP) is 0.810. The quantitative estimate of drug-likeness (QED) is 0.466. The van der Waals surface area contributed by atoms with E-state index in [0.29, 0.717) is 0 Å². The summed E-state index contributed by atoms with van der Waals surface area (Å²) in [5, 5.41) is 0. The molecule has 1 aliphatic heterocycles. The normalized spacial score (nSPS) is 39.8. The lowest BCUT2D eigenvalue weighted by Gasteiger charge is -2.25. The van der Waals surface area contributed by atoms with Gasteiger partial charge in [-0.3, -0.25) is 0 Å². The van der Waals surface area contributed by atoms with Gasteiger partial charge in [0.2, 0.25) is 0 Å². The van der Waals surface area contributed by atoms with Gasteiger partial charge in [-0.15, -0.1) is 0 Å². The van der Waals surface area contributed by atoms with Crippen LogP contribution in [0.3, 0.4) is 0 Å². The fourth-order valence-electron chi connectivity index (χ4n) is 0.739. The van der Waals surface area contributed by atoms with Crippen LogP contribution in [-0.2, 0) is 9.47 Å². The molecule has 0 radical (unpaired) electrons. The monoisotopic (exact) mass is 116 g/mol. The summed E-state index contributed by atoms with van der Waals surface area (Å²) in [5.41, 5.74) is 0. The first-order valence-electron chi connectivity index (χ1n) is 3.04. The third-order valence-corrected chi connectivity index (χ3v) is 1.51. The topological polar surface area (TPSA) is 18.5 Å². The van der Waals surface area contributed by atoms with Crippen molar-refractivity contribution in [2.24, 2.45) is 0 Å². The maximum Gasteiger partial charge on any atom is 0.0807 e. The minimum atomic E-state index is 0.281. The van der Waals surface area contributed by atoms with Crippen molar-refractivity contribution in [3.05, 3.63) is 0 Å². The van der Waals surface area contributed by atoms with Crippen LogP contribution in [0.2, 0.25) is 0 Å². The zero-order valence-electron chi connectivity index (χ0n) is 5.39. The molecule has 0 saturated carbocycles. The second-order valence-electron chi connectivity index (χ2n) is 2.15. The molecule has 1 rings (SSSR count). The lowest BCUT2D eigenvalue weighted by molar-refractivity contribution is -0.124. The average Bonchev–Trinajstić information content (AvgIpc) is 1.77. The minimum absolute atomic E-state index is 0.281. The molecule has 0 aromatic rings. The van der Waals surface area contributed by atoms with E-state index in [0.717, 1.165) is 13.2 Å². The fourth-order valence-corrected chi connectivity index (χ4v) is 0.739. The molecule has 1 fully saturated rings. The van der Waals surface area contributed by atoms with Crippen molar-refractivity contribution in [3.63, 3.8) is 0 Å². The largest absolute Gasteiger partial charge is 0.373 e. The highest BCUT2D eigenvalue weighted by Gasteiger charge is 2.16. The molecule has 8 heavy (non-hydrogen) atoms. The molecule has 2 heteroatoms. The van der Waals surface area contributed by atoms with Gasteiger partial charge in [-0.05, 0) is 13.8 Å². The predicted molar refractivity (Wildman–Crippen MR) is 30.8 cm³/mol. The molecule has 0 aromatic heterocycles. The fraction of sp³-hybridized carbons (Fsp3) is 1.00. The van der Waals surface area contributed by atoms with E-state index >= 15 is 0 Å². The summed E-state index contributed by atoms with van der Waals surface area (Å²) in [7, 11) is 0. The van der Waals surface area contributed by atoms with E-state index in [4.69, 9.17) is 9.47 Å². The molecule has 0 aromatic carbocycles. The third kappa shape index (κ3) is 1.20. The van der Waals surface area contributed by atoms with Gasteiger partial charge in [-0.2, -0.15) is 0 Å². The van der Waals surface area contributed by atoms with Crippen LogP contribution >= 0.6 is 0 Å². The Morgan fingerprint density at radius 3 is 1.62 bits per heavy atom. The highest BCUT2D eigenvalue weighted by molar-refractivity contribution is 4.63. The van der Waals surface area contributed by atoms with Crippen LogP contribution < -0.4 is 0 Å². The number of ether oxygens (including phenoxy) is 2. The first kappa shape index (κ1) is 6.05. The van der Waals surface area contributed by atoms with Crippen LogP contribution in [0.5, 0.6) is 0 Å². The van der Waals surface area contributed by atoms with Gasteiger partial charge in [0.25, 0.3) is 0 Å². The van der Waals surface area contributed by atoms with Crippen molar-refractivity contribution >= 4 is 0 Å². The van der Waals surface area contributed by atoms with Crippen LogP contribution in [0.1, 0.15) is 13.8 Å². The Hall–Kier alpha value is -0.0800. The standard InChI is InChI=1S/C6H12O2/c1-5-6(2)8-4-3-7-5/h5-6H,3-4H2,1-2H3/t5-,6?/m1/s1. The first-order valence-corrected chi connectivity index (χ1v) is 3.04. The maximum absolute atomic E-state index is 5.27. The van der Waals surface area contributed by atoms with E-state index in [1.165, 1.54) is 0 Å². The zero-order valence-corrected chi connectivity index (χ0v) is 5.39. The van der Waals surface area contributed by atoms with Gasteiger partial charge in [-0.25, -0.2) is 0 Å². The van der Waals surface area contributed by atoms with Crippen molar-refractivity contribution in [2.75, 3.05) is 13.2 Å². The van der Waals surface area contributed by atoms with Gasteiger partial charge >= 0.3 is 0 Å². The zero-order chi connectivity index (χ0) is 5.98. The van der Waals surface area contributed by atoms with E-state index in [-0.39, 0.29) is 12.2 Å². The number of rotatable bonds is 0. The van der Waals surface area contributed by atoms with Crippen molar-refractivity contribution < 1.29 is 9.47 Å². The molecule has 0 spiro atoms. The lowest BCUT2D eigenvalue weighted by Crippen LogP contribution is -2.33. The van der Waals surface area contributed by atoms with Crippen molar-refractivity contribution in [1.82, 2.24) is 0 Å². The van der Waals surface area contributed by atoms with Crippen molar-refractivity contribution in [1.29, 1.82) is 0 Å². The Kier molecular flexibility index (Phi) is 1.86. The van der Waals surface area contributed by atoms with Crippen LogP contribution in [0.4, 0.5) is 0 Å². The van der Waals surface area contributed by atoms with Crippen LogP contribution in [-0.4, -0.2) is 25.4 Å². The smallest absolute Gasteiger partial charge is 0.0807 e. The summed E-state index contributed by atoms with van der Waals surface area (Å²) in [5.74, 6) is 0. The second-order valence-corrected chi connectivity index (χ2v) is 2.15. The summed E-state index contributed by atoms with van der Waals surface area (Å²) in [6.45, 7) is 5.57. The molecule has 0 bridgehead atoms. The summed E-state index contributed by atoms with van der Waals surface area (Å²) >= 11 is 0. The number of hydrogen-bond donors (Lipinski definition) is 0. The van der Waals surface area contributed by atoms with E-state index in [2.05, 4.69) is 0 Å². The molecule has 0 aliphatic carbocycles. The molecule has 1 unspecified atom stereocenters. The minimum Gasteiger partial charge on any atom is -0.373 e. The molecule has 2 nitrogen and oxygen atoms in total. The van der Waals surface area contributed by atoms with Crippen LogP contribution in [0.15, 0.2) is 0 Å². The van der Waals surface area contributed by atoms with Gasteiger partial charge in [0.1, 0.15) is 0 Å². The number of hydrogen-bond acceptors (Lipinski definition) is 2. The van der Waals surface area contributed by atoms with Crippen LogP contribution in [0, 0.1) is 0 Å². The third-order valence-electron chi connectivity index (χ3n) is 1.51. The Morgan fingerprint density at radius 1 is 1.00 bits per heavy atom. The molecular weight excluding hydrogens is 104 g/mol. The molecule has 2 atom stereocenters. The molecule has 48 valence electrons. The van der Waals surface area contributed by atoms with Crippen molar-refractivity contribution in [3.8, 4) is 0 Å². The first-order chi connectivity index (χ1) is 3.80. The summed E-state index contributed by atoms with van der Waals surface area (Å²) in [4.78, 5) is 0. The molecular formula is C6H12O2. The summed E-state index contributed by atoms with van der Waals surface area (Å²) in [6.07, 6.45) is 0.562. The summed E-state index contributed by atoms with van der Waals surface area (Å²) in [6, 6.07) is 0. The Morgan fingerprint density at radius 2 is 1.38 bits per heavy atom. The Labute approximate surface area is 49.8 Å². The molecule has 1 aliphatic rings. The Bertz CT molecular complexity index is 62.9. The van der Waals surface area contributed by atoms with E-state index in [1.54, 1.807) is 0 Å². The van der Waals surface area contributed by atoms with Gasteiger partial charge < -0.3 is 9.47 Å². The SMILES string of the molecule is CC1OCCO[C@@H]1C. The van der Waals surface area contributed by atoms with Crippen LogP contribution in [0.25, 0.3) is 0 Å².